The monoisotopic (exact) mass is 681 g/mol. The van der Waals surface area contributed by atoms with Crippen molar-refractivity contribution in [2.24, 2.45) is 5.10 Å². The summed E-state index contributed by atoms with van der Waals surface area (Å²) in [6.45, 7) is 4.34. The van der Waals surface area contributed by atoms with Crippen LogP contribution in [0.4, 0.5) is 0 Å². The molecule has 6 nitrogen and oxygen atoms in total. The Bertz CT molecular complexity index is 1510. The molecule has 35 heavy (non-hydrogen) atoms. The Morgan fingerprint density at radius 1 is 1.06 bits per heavy atom. The molecule has 0 saturated heterocycles. The third kappa shape index (κ3) is 5.97. The molecule has 180 valence electrons. The number of aromatic nitrogens is 2. The minimum absolute atomic E-state index is 0.263. The summed E-state index contributed by atoms with van der Waals surface area (Å²) in [5.74, 6) is 1.39. The van der Waals surface area contributed by atoms with E-state index in [0.29, 0.717) is 52.0 Å². The van der Waals surface area contributed by atoms with Crippen molar-refractivity contribution in [2.45, 2.75) is 20.5 Å². The number of nitrogens with zero attached hydrogens (tertiary/aromatic N) is 3. The molecular weight excluding hydrogens is 665 g/mol. The average molecular weight is 685 g/mol. The Hall–Kier alpha value is -2.20. The highest BCUT2D eigenvalue weighted by molar-refractivity contribution is 9.11. The minimum Gasteiger partial charge on any atom is -0.490 e. The number of halogens is 4. The van der Waals surface area contributed by atoms with E-state index < -0.39 is 0 Å². The number of benzene rings is 3. The summed E-state index contributed by atoms with van der Waals surface area (Å²) in [6, 6.07) is 14.7. The van der Waals surface area contributed by atoms with Crippen LogP contribution in [-0.2, 0) is 6.61 Å². The standard InChI is InChI=1S/C25H19Br3ClN3O3/c1-3-34-23-9-15(8-21(29)24(23)35-13-16-4-5-18(27)11-20(16)28)12-30-32-14(2)31-22-7-6-17(26)10-19(22)25(32)33/h4-12H,3,13H2,1-2H3. The lowest BCUT2D eigenvalue weighted by molar-refractivity contribution is 0.269. The molecule has 0 saturated carbocycles. The van der Waals surface area contributed by atoms with Gasteiger partial charge in [-0.05, 0) is 61.9 Å². The van der Waals surface area contributed by atoms with E-state index in [1.165, 1.54) is 4.68 Å². The highest BCUT2D eigenvalue weighted by Crippen LogP contribution is 2.37. The van der Waals surface area contributed by atoms with Crippen LogP contribution in [0.2, 0.25) is 5.02 Å². The van der Waals surface area contributed by atoms with Crippen LogP contribution in [0.3, 0.4) is 0 Å². The normalized spacial score (nSPS) is 11.4. The molecule has 0 spiro atoms. The van der Waals surface area contributed by atoms with Crippen molar-refractivity contribution >= 4 is 76.5 Å². The number of hydrogen-bond acceptors (Lipinski definition) is 5. The lowest BCUT2D eigenvalue weighted by Crippen LogP contribution is -2.20. The van der Waals surface area contributed by atoms with Gasteiger partial charge in [0.25, 0.3) is 5.56 Å². The first kappa shape index (κ1) is 25.9. The molecule has 0 aliphatic carbocycles. The summed E-state index contributed by atoms with van der Waals surface area (Å²) in [4.78, 5) is 17.5. The SMILES string of the molecule is CCOc1cc(C=Nn2c(C)nc3ccc(Br)cc3c2=O)cc(Cl)c1OCc1ccc(Br)cc1Br. The van der Waals surface area contributed by atoms with Gasteiger partial charge in [-0.3, -0.25) is 4.79 Å². The summed E-state index contributed by atoms with van der Waals surface area (Å²) >= 11 is 17.0. The van der Waals surface area contributed by atoms with Gasteiger partial charge in [-0.15, -0.1) is 0 Å². The first-order valence-electron chi connectivity index (χ1n) is 10.5. The maximum atomic E-state index is 13.0. The largest absolute Gasteiger partial charge is 0.490 e. The van der Waals surface area contributed by atoms with Crippen molar-refractivity contribution in [3.63, 3.8) is 0 Å². The molecule has 0 unspecified atom stereocenters. The fraction of sp³-hybridized carbons (Fsp3) is 0.160. The van der Waals surface area contributed by atoms with Gasteiger partial charge in [-0.25, -0.2) is 4.98 Å². The quantitative estimate of drug-likeness (QED) is 0.189. The van der Waals surface area contributed by atoms with E-state index in [9.17, 15) is 4.79 Å². The van der Waals surface area contributed by atoms with Crippen molar-refractivity contribution in [3.8, 4) is 11.5 Å². The molecule has 0 bridgehead atoms. The molecule has 0 N–H and O–H groups in total. The van der Waals surface area contributed by atoms with Crippen molar-refractivity contribution in [2.75, 3.05) is 6.61 Å². The topological polar surface area (TPSA) is 65.7 Å². The Morgan fingerprint density at radius 3 is 2.54 bits per heavy atom. The molecule has 0 fully saturated rings. The summed E-state index contributed by atoms with van der Waals surface area (Å²) in [6.07, 6.45) is 1.55. The molecule has 3 aromatic carbocycles. The molecule has 1 aromatic heterocycles. The highest BCUT2D eigenvalue weighted by Gasteiger charge is 2.14. The summed E-state index contributed by atoms with van der Waals surface area (Å²) in [5, 5.41) is 5.22. The van der Waals surface area contributed by atoms with E-state index in [1.54, 1.807) is 37.4 Å². The predicted molar refractivity (Wildman–Crippen MR) is 150 cm³/mol. The third-order valence-corrected chi connectivity index (χ3v) is 7.02. The third-order valence-electron chi connectivity index (χ3n) is 5.01. The minimum atomic E-state index is -0.263. The van der Waals surface area contributed by atoms with Gasteiger partial charge in [-0.2, -0.15) is 9.78 Å². The Kier molecular flexibility index (Phi) is 8.31. The number of aryl methyl sites for hydroxylation is 1. The number of fused-ring (bicyclic) bond motifs is 1. The van der Waals surface area contributed by atoms with Gasteiger partial charge in [0.1, 0.15) is 12.4 Å². The Balaban J connectivity index is 1.65. The second kappa shape index (κ2) is 11.2. The summed E-state index contributed by atoms with van der Waals surface area (Å²) < 4.78 is 15.8. The van der Waals surface area contributed by atoms with Crippen LogP contribution in [0.5, 0.6) is 11.5 Å². The highest BCUT2D eigenvalue weighted by atomic mass is 79.9. The first-order valence-corrected chi connectivity index (χ1v) is 13.3. The van der Waals surface area contributed by atoms with Gasteiger partial charge < -0.3 is 9.47 Å². The van der Waals surface area contributed by atoms with Crippen molar-refractivity contribution in [1.82, 2.24) is 9.66 Å². The fourth-order valence-corrected chi connectivity index (χ4v) is 5.17. The zero-order valence-electron chi connectivity index (χ0n) is 18.7. The number of rotatable bonds is 7. The van der Waals surface area contributed by atoms with Crippen LogP contribution in [0, 0.1) is 6.92 Å². The van der Waals surface area contributed by atoms with Crippen LogP contribution in [-0.4, -0.2) is 22.5 Å². The Morgan fingerprint density at radius 2 is 1.80 bits per heavy atom. The molecule has 10 heteroatoms. The maximum absolute atomic E-state index is 13.0. The lowest BCUT2D eigenvalue weighted by Gasteiger charge is -2.15. The van der Waals surface area contributed by atoms with Gasteiger partial charge in [-0.1, -0.05) is 65.5 Å². The number of hydrogen-bond donors (Lipinski definition) is 0. The smallest absolute Gasteiger partial charge is 0.282 e. The summed E-state index contributed by atoms with van der Waals surface area (Å²) in [5.41, 5.74) is 1.96. The molecule has 0 radical (unpaired) electrons. The zero-order chi connectivity index (χ0) is 25.1. The number of ether oxygens (including phenoxy) is 2. The van der Waals surface area contributed by atoms with Crippen LogP contribution in [0.25, 0.3) is 10.9 Å². The van der Waals surface area contributed by atoms with Gasteiger partial charge >= 0.3 is 0 Å². The maximum Gasteiger partial charge on any atom is 0.282 e. The lowest BCUT2D eigenvalue weighted by atomic mass is 10.2. The van der Waals surface area contributed by atoms with Crippen LogP contribution >= 0.6 is 59.4 Å². The van der Waals surface area contributed by atoms with Gasteiger partial charge in [0.05, 0.1) is 28.7 Å². The van der Waals surface area contributed by atoms with E-state index in [1.807, 2.05) is 31.2 Å². The fourth-order valence-electron chi connectivity index (χ4n) is 3.37. The zero-order valence-corrected chi connectivity index (χ0v) is 24.2. The predicted octanol–water partition coefficient (Wildman–Crippen LogP) is 7.51. The first-order chi connectivity index (χ1) is 16.8. The van der Waals surface area contributed by atoms with E-state index >= 15 is 0 Å². The average Bonchev–Trinajstić information content (AvgIpc) is 2.80. The molecule has 1 heterocycles. The van der Waals surface area contributed by atoms with Crippen LogP contribution < -0.4 is 15.0 Å². The van der Waals surface area contributed by atoms with Crippen molar-refractivity contribution < 1.29 is 9.47 Å². The Labute approximate surface area is 232 Å². The molecule has 0 aliphatic heterocycles. The van der Waals surface area contributed by atoms with Crippen LogP contribution in [0.15, 0.2) is 71.8 Å². The van der Waals surface area contributed by atoms with E-state index in [4.69, 9.17) is 21.1 Å². The second-order valence-electron chi connectivity index (χ2n) is 7.47. The molecule has 4 rings (SSSR count). The molecule has 0 aliphatic rings. The van der Waals surface area contributed by atoms with Crippen molar-refractivity contribution in [1.29, 1.82) is 0 Å². The second-order valence-corrected chi connectivity index (χ2v) is 10.6. The van der Waals surface area contributed by atoms with Crippen LogP contribution in [0.1, 0.15) is 23.9 Å². The molecule has 4 aromatic rings. The molecular formula is C25H19Br3ClN3O3. The van der Waals surface area contributed by atoms with Crippen molar-refractivity contribution in [3.05, 3.63) is 94.3 Å². The van der Waals surface area contributed by atoms with Gasteiger partial charge in [0.15, 0.2) is 11.5 Å². The molecule has 0 atom stereocenters. The van der Waals surface area contributed by atoms with E-state index in [-0.39, 0.29) is 5.56 Å². The van der Waals surface area contributed by atoms with E-state index in [2.05, 4.69) is 57.9 Å². The van der Waals surface area contributed by atoms with Gasteiger partial charge in [0, 0.05) is 19.0 Å². The summed E-state index contributed by atoms with van der Waals surface area (Å²) in [7, 11) is 0. The van der Waals surface area contributed by atoms with E-state index in [0.717, 1.165) is 19.0 Å². The molecule has 0 amide bonds. The van der Waals surface area contributed by atoms with Gasteiger partial charge in [0.2, 0.25) is 0 Å².